The molecule has 746 valence electrons. The first-order chi connectivity index (χ1) is 64.6. The van der Waals surface area contributed by atoms with E-state index in [2.05, 4.69) is 91.0 Å². The lowest BCUT2D eigenvalue weighted by Gasteiger charge is -2.31. The predicted octanol–water partition coefficient (Wildman–Crippen LogP) is -1.26. The van der Waals surface area contributed by atoms with Crippen molar-refractivity contribution >= 4 is 127 Å². The third-order valence-corrected chi connectivity index (χ3v) is 24.4. The molecule has 0 bridgehead atoms. The normalized spacial score (nSPS) is 19.1. The van der Waals surface area contributed by atoms with Gasteiger partial charge in [0.15, 0.2) is 5.96 Å². The van der Waals surface area contributed by atoms with Gasteiger partial charge in [0.25, 0.3) is 0 Å². The number of carboxylic acid groups (broad SMARTS) is 1. The van der Waals surface area contributed by atoms with Crippen LogP contribution in [0.15, 0.2) is 73.3 Å². The van der Waals surface area contributed by atoms with Crippen LogP contribution in [0.4, 0.5) is 0 Å². The maximum atomic E-state index is 15.4. The Hall–Kier alpha value is -12.5. The topological polar surface area (TPSA) is 703 Å². The van der Waals surface area contributed by atoms with E-state index >= 15 is 19.2 Å². The summed E-state index contributed by atoms with van der Waals surface area (Å²) in [5, 5.41) is 73.6. The molecule has 12 atom stereocenters. The molecular weight excluding hydrogens is 1770 g/mol. The fourth-order valence-corrected chi connectivity index (χ4v) is 16.7. The number of nitrogens with zero attached hydrogens (tertiary/aromatic N) is 2. The molecule has 0 radical (unpaired) electrons. The van der Waals surface area contributed by atoms with Gasteiger partial charge in [0.05, 0.1) is 43.6 Å². The van der Waals surface area contributed by atoms with E-state index in [1.807, 2.05) is 4.72 Å². The van der Waals surface area contributed by atoms with Crippen LogP contribution in [-0.4, -0.2) is 268 Å². The number of aliphatic carboxylic acids is 1. The average Bonchev–Trinajstić information content (AvgIpc) is 1.67. The number of nitrogens with two attached hydrogens (primary N) is 3. The molecule has 0 aliphatic carbocycles. The summed E-state index contributed by atoms with van der Waals surface area (Å²) in [5.74, 6) is -17.9. The van der Waals surface area contributed by atoms with Crippen molar-refractivity contribution in [3.8, 4) is 0 Å². The number of benzene rings is 2. The molecule has 2 aromatic carbocycles. The number of nitrogens with one attached hydrogen (secondary N) is 17. The Morgan fingerprint density at radius 1 is 0.585 bits per heavy atom. The molecule has 2 fully saturated rings. The quantitative estimate of drug-likeness (QED) is 0.0139. The highest BCUT2D eigenvalue weighted by atomic mass is 32.2. The number of aliphatic hydroxyl groups excluding tert-OH is 2. The molecule has 2 aromatic heterocycles. The largest absolute Gasteiger partial charge is 0.481 e. The zero-order chi connectivity index (χ0) is 98.8. The number of aromatic nitrogens is 3. The minimum absolute atomic E-state index is 0.00202. The van der Waals surface area contributed by atoms with Crippen molar-refractivity contribution in [2.24, 2.45) is 17.2 Å². The Balaban J connectivity index is 1.18. The first-order valence-electron chi connectivity index (χ1n) is 46.7. The predicted molar refractivity (Wildman–Crippen MR) is 496 cm³/mol. The van der Waals surface area contributed by atoms with E-state index in [0.29, 0.717) is 41.3 Å². The maximum absolute atomic E-state index is 15.4. The van der Waals surface area contributed by atoms with Gasteiger partial charge in [-0.1, -0.05) is 152 Å². The number of hydrogen-bond acceptors (Lipinski definition) is 24. The molecule has 2 aliphatic rings. The lowest BCUT2D eigenvalue weighted by Crippen LogP contribution is -2.61. The van der Waals surface area contributed by atoms with Crippen molar-refractivity contribution in [3.05, 3.63) is 90.1 Å². The highest BCUT2D eigenvalue weighted by Gasteiger charge is 2.44. The minimum atomic E-state index is -4.12. The molecule has 0 saturated carbocycles. The van der Waals surface area contributed by atoms with Gasteiger partial charge in [0.2, 0.25) is 98.6 Å². The first kappa shape index (κ1) is 111. The summed E-state index contributed by atoms with van der Waals surface area (Å²) in [4.78, 5) is 249. The number of H-pyrrole nitrogens is 2. The number of rotatable bonds is 53. The lowest BCUT2D eigenvalue weighted by molar-refractivity contribution is -0.143. The van der Waals surface area contributed by atoms with Gasteiger partial charge in [-0.15, -0.1) is 0 Å². The first-order valence-corrected chi connectivity index (χ1v) is 48.3. The molecule has 2 saturated heterocycles. The molecule has 4 aromatic rings. The second-order valence-corrected chi connectivity index (χ2v) is 36.0. The number of unbranched alkanes of at least 4 members (excludes halogenated alkanes) is 13. The molecule has 15 amide bonds. The van der Waals surface area contributed by atoms with E-state index < -0.39 is 272 Å². The SMILES string of the molecule is CCCCCCCCCCCCCCCC(=O)NS(=O)(=O)CCCC(=O)NCC(=O)N[C@@H](CO)C(=O)N[C@@H](CCC(N)=O)C(=O)N[C@@H](Cc1c[nH]cn1)C(=O)N[C@@H](CCC(=O)O)C(=O)N[C@@H](CCCC)C(=O)N[C@H]1CCC(=O)CNCCCC[C@@H](C(N)=O)NC(=O)[C@H](Cc2c[nH]c3ccccc23)NC(=O)[C@H](CCCNC(=N)N)NC(=O)[C@@H](Cc2ccccc2)NC(=O)[C@@H]2C[C@@H](O)CN2C1=O. The fraction of sp³-hybridized carbons (Fsp3) is 0.611. The molecule has 45 heteroatoms. The van der Waals surface area contributed by atoms with Crippen LogP contribution in [0.5, 0.6) is 0 Å². The molecule has 135 heavy (non-hydrogen) atoms. The maximum Gasteiger partial charge on any atom is 0.303 e. The Morgan fingerprint density at radius 2 is 1.16 bits per heavy atom. The average molecular weight is 1910 g/mol. The third-order valence-electron chi connectivity index (χ3n) is 23.1. The summed E-state index contributed by atoms with van der Waals surface area (Å²) >= 11 is 0. The number of aromatic amines is 2. The van der Waals surface area contributed by atoms with E-state index in [9.17, 15) is 86.1 Å². The van der Waals surface area contributed by atoms with Crippen molar-refractivity contribution < 1.29 is 105 Å². The summed E-state index contributed by atoms with van der Waals surface area (Å²) in [5.41, 5.74) is 18.8. The zero-order valence-electron chi connectivity index (χ0n) is 77.0. The van der Waals surface area contributed by atoms with E-state index in [1.165, 1.54) is 57.5 Å². The van der Waals surface area contributed by atoms with Gasteiger partial charge in [-0.2, -0.15) is 0 Å². The Labute approximate surface area is 785 Å². The number of para-hydroxylation sites is 1. The fourth-order valence-electron chi connectivity index (χ4n) is 15.6. The van der Waals surface area contributed by atoms with E-state index in [4.69, 9.17) is 22.6 Å². The van der Waals surface area contributed by atoms with Crippen LogP contribution in [-0.2, 0) is 111 Å². The monoisotopic (exact) mass is 1910 g/mol. The molecule has 26 N–H and O–H groups in total. The summed E-state index contributed by atoms with van der Waals surface area (Å²) in [7, 11) is -4.12. The number of ketones is 1. The number of imidazole rings is 1. The van der Waals surface area contributed by atoms with Crippen LogP contribution in [0.25, 0.3) is 10.9 Å². The van der Waals surface area contributed by atoms with Gasteiger partial charge in [0.1, 0.15) is 72.2 Å². The van der Waals surface area contributed by atoms with Crippen molar-refractivity contribution in [1.82, 2.24) is 93.7 Å². The Bertz CT molecular complexity index is 4700. The number of aliphatic hydroxyl groups is 2. The highest BCUT2D eigenvalue weighted by Crippen LogP contribution is 2.24. The van der Waals surface area contributed by atoms with E-state index in [0.717, 1.165) is 37.0 Å². The molecule has 6 rings (SSSR count). The number of guanidine groups is 1. The number of carbonyl (C=O) groups is 17. The summed E-state index contributed by atoms with van der Waals surface area (Å²) in [6.07, 6.45) is 12.3. The Morgan fingerprint density at radius 3 is 1.79 bits per heavy atom. The van der Waals surface area contributed by atoms with Crippen LogP contribution >= 0.6 is 0 Å². The van der Waals surface area contributed by atoms with Gasteiger partial charge >= 0.3 is 5.97 Å². The number of carboxylic acids is 1. The highest BCUT2D eigenvalue weighted by molar-refractivity contribution is 7.90. The number of carbonyl (C=O) groups excluding carboxylic acids is 16. The summed E-state index contributed by atoms with van der Waals surface area (Å²) in [6, 6.07) is -2.53. The van der Waals surface area contributed by atoms with Crippen LogP contribution < -0.4 is 91.0 Å². The number of primary amides is 2. The molecular formula is C90H138N22O22S. The van der Waals surface area contributed by atoms with Crippen LogP contribution in [0, 0.1) is 5.41 Å². The van der Waals surface area contributed by atoms with E-state index in [1.54, 1.807) is 67.7 Å². The standard InChI is InChI=1S/C90H138N22O22S/c1-3-5-7-8-9-10-11-12-13-14-15-16-20-34-76(118)111-135(133,134)44-26-35-75(117)99-52-77(119)101-72(54-113)87(130)106-66(38-40-74(91)116)83(126)109-71(47-58-50-96-55-100-58)86(129)105-67(39-41-78(120)121)82(125)103-64(30-6-4-2)80(123)107-68-37-36-59(114)51-95-42-24-23-32-63(79(92)122)102-85(128)70(46-57-49-98-62-31-22-21-29-61(57)62)108-81(124)65(33-25-43-97-90(93)94)104-84(127)69(45-56-27-18-17-19-28-56)110-88(131)73-48-60(115)53-112(73)89(68)132/h17-19,21-22,27-29,31,49-50,55,60,63-73,95,98,113,115H,3-16,20,23-26,30,32-48,51-54H2,1-2H3,(H2,91,116)(H2,92,122)(H,96,100)(H,99,117)(H,101,119)(H,102,128)(H,103,125)(H,104,127)(H,105,129)(H,106,130)(H,107,123)(H,108,124)(H,109,126)(H,110,131)(H,111,118)(H,120,121)(H4,93,94,97)/t60-,63+,64+,65+,66+,67+,68+,69-,70+,71+,72+,73+/m1/s1. The van der Waals surface area contributed by atoms with Gasteiger partial charge in [0, 0.05) is 94.2 Å². The van der Waals surface area contributed by atoms with Crippen molar-refractivity contribution in [2.45, 2.75) is 305 Å². The zero-order valence-corrected chi connectivity index (χ0v) is 77.8. The lowest BCUT2D eigenvalue weighted by atomic mass is 10.0. The number of sulfonamides is 1. The molecule has 0 spiro atoms. The summed E-state index contributed by atoms with van der Waals surface area (Å²) in [6.45, 7) is 1.36. The number of amides is 15. The van der Waals surface area contributed by atoms with Crippen molar-refractivity contribution in [1.29, 1.82) is 5.41 Å². The van der Waals surface area contributed by atoms with E-state index in [-0.39, 0.29) is 89.5 Å². The number of fused-ring (bicyclic) bond motifs is 2. The van der Waals surface area contributed by atoms with Crippen molar-refractivity contribution in [3.63, 3.8) is 0 Å². The minimum Gasteiger partial charge on any atom is -0.481 e. The molecule has 0 unspecified atom stereocenters. The van der Waals surface area contributed by atoms with Crippen LogP contribution in [0.1, 0.15) is 230 Å². The molecule has 44 nitrogen and oxygen atoms in total. The van der Waals surface area contributed by atoms with Crippen LogP contribution in [0.2, 0.25) is 0 Å². The second kappa shape index (κ2) is 60.0. The second-order valence-electron chi connectivity index (χ2n) is 34.2. The molecule has 4 heterocycles. The smallest absolute Gasteiger partial charge is 0.303 e. The third kappa shape index (κ3) is 41.9. The Kier molecular flexibility index (Phi) is 49.4. The summed E-state index contributed by atoms with van der Waals surface area (Å²) < 4.78 is 27.4. The van der Waals surface area contributed by atoms with Gasteiger partial charge in [-0.25, -0.2) is 13.4 Å². The number of Topliss-reactive ketones (excluding diaryl/α,β-unsaturated/α-hetero) is 1. The van der Waals surface area contributed by atoms with Crippen LogP contribution in [0.3, 0.4) is 0 Å². The van der Waals surface area contributed by atoms with Gasteiger partial charge in [-0.05, 0) is 94.4 Å². The van der Waals surface area contributed by atoms with Gasteiger partial charge in [-0.3, -0.25) is 91.6 Å². The number of hydrogen-bond donors (Lipinski definition) is 23. The van der Waals surface area contributed by atoms with Crippen molar-refractivity contribution in [2.75, 3.05) is 45.1 Å². The van der Waals surface area contributed by atoms with Gasteiger partial charge < -0.3 is 117 Å². The molecule has 2 aliphatic heterocycles.